The number of benzene rings is 1. The fourth-order valence-corrected chi connectivity index (χ4v) is 5.00. The van der Waals surface area contributed by atoms with E-state index in [2.05, 4.69) is 5.32 Å². The summed E-state index contributed by atoms with van der Waals surface area (Å²) >= 11 is 0. The fourth-order valence-electron chi connectivity index (χ4n) is 2.85. The van der Waals surface area contributed by atoms with E-state index in [1.54, 1.807) is 6.92 Å². The highest BCUT2D eigenvalue weighted by Gasteiger charge is 2.30. The van der Waals surface area contributed by atoms with Crippen molar-refractivity contribution in [3.63, 3.8) is 0 Å². The van der Waals surface area contributed by atoms with Crippen LogP contribution < -0.4 is 10.1 Å². The molecule has 0 saturated carbocycles. The summed E-state index contributed by atoms with van der Waals surface area (Å²) in [5.74, 6) is 0.214. The van der Waals surface area contributed by atoms with Gasteiger partial charge in [0.1, 0.15) is 12.4 Å². The average Bonchev–Trinajstić information content (AvgIpc) is 2.62. The number of rotatable bonds is 8. The van der Waals surface area contributed by atoms with Crippen molar-refractivity contribution in [1.82, 2.24) is 9.62 Å². The monoisotopic (exact) mass is 418 g/mol. The van der Waals surface area contributed by atoms with Crippen molar-refractivity contribution in [2.75, 3.05) is 31.2 Å². The Balaban J connectivity index is 2.01. The Morgan fingerprint density at radius 2 is 1.89 bits per heavy atom. The molecule has 0 aliphatic carbocycles. The second kappa shape index (κ2) is 9.03. The maximum atomic E-state index is 12.8. The number of carbonyl (C=O) groups is 1. The predicted molar refractivity (Wildman–Crippen MR) is 102 cm³/mol. The number of piperidine rings is 1. The number of carbonyl (C=O) groups excluding carboxylic acids is 1. The third-order valence-corrected chi connectivity index (χ3v) is 7.90. The molecule has 1 aliphatic heterocycles. The van der Waals surface area contributed by atoms with Gasteiger partial charge in [0.25, 0.3) is 0 Å². The maximum Gasteiger partial charge on any atom is 0.243 e. The molecule has 0 spiro atoms. The second-order valence-corrected chi connectivity index (χ2v) is 10.9. The van der Waals surface area contributed by atoms with Crippen LogP contribution >= 0.6 is 0 Å². The van der Waals surface area contributed by atoms with E-state index in [1.807, 2.05) is 0 Å². The van der Waals surface area contributed by atoms with Gasteiger partial charge in [-0.1, -0.05) is 6.92 Å². The van der Waals surface area contributed by atoms with E-state index in [4.69, 9.17) is 4.74 Å². The van der Waals surface area contributed by atoms with Crippen molar-refractivity contribution < 1.29 is 26.4 Å². The second-order valence-electron chi connectivity index (χ2n) is 6.46. The van der Waals surface area contributed by atoms with Gasteiger partial charge < -0.3 is 10.1 Å². The van der Waals surface area contributed by atoms with Crippen molar-refractivity contribution >= 4 is 25.8 Å². The quantitative estimate of drug-likeness (QED) is 0.668. The van der Waals surface area contributed by atoms with Crippen LogP contribution in [0.2, 0.25) is 0 Å². The summed E-state index contributed by atoms with van der Waals surface area (Å²) < 4.78 is 55.3. The molecular weight excluding hydrogens is 392 g/mol. The van der Waals surface area contributed by atoms with Crippen LogP contribution in [0.25, 0.3) is 0 Å². The number of hydrogen-bond donors (Lipinski definition) is 1. The molecule has 8 nitrogen and oxygen atoms in total. The minimum Gasteiger partial charge on any atom is -0.493 e. The molecule has 0 radical (unpaired) electrons. The summed E-state index contributed by atoms with van der Waals surface area (Å²) in [7, 11) is -6.77. The lowest BCUT2D eigenvalue weighted by atomic mass is 10.1. The fraction of sp³-hybridized carbons (Fsp3) is 0.588. The molecule has 1 amide bonds. The van der Waals surface area contributed by atoms with Gasteiger partial charge in [-0.3, -0.25) is 4.79 Å². The van der Waals surface area contributed by atoms with E-state index in [1.165, 1.54) is 35.5 Å². The van der Waals surface area contributed by atoms with E-state index in [-0.39, 0.29) is 41.5 Å². The van der Waals surface area contributed by atoms with Gasteiger partial charge in [0.15, 0.2) is 9.84 Å². The molecule has 0 aromatic heterocycles. The van der Waals surface area contributed by atoms with E-state index >= 15 is 0 Å². The standard InChI is InChI=1S/C17H26N2O6S2/c1-3-26(21,22)12-11-25-16-6-8-17(9-7-16)27(23,24)19-10-4-5-15(13-19)18-14(2)20/h6-9,15H,3-5,10-13H2,1-2H3,(H,18,20). The van der Waals surface area contributed by atoms with E-state index in [9.17, 15) is 21.6 Å². The molecule has 1 heterocycles. The molecule has 1 N–H and O–H groups in total. The number of sulfonamides is 1. The number of nitrogens with zero attached hydrogens (tertiary/aromatic N) is 1. The molecule has 2 rings (SSSR count). The molecule has 27 heavy (non-hydrogen) atoms. The minimum atomic E-state index is -3.66. The highest BCUT2D eigenvalue weighted by Crippen LogP contribution is 2.23. The van der Waals surface area contributed by atoms with Gasteiger partial charge in [-0.25, -0.2) is 16.8 Å². The van der Waals surface area contributed by atoms with E-state index in [0.717, 1.165) is 6.42 Å². The van der Waals surface area contributed by atoms with Crippen molar-refractivity contribution in [2.24, 2.45) is 0 Å². The van der Waals surface area contributed by atoms with Gasteiger partial charge in [0.05, 0.1) is 10.6 Å². The molecule has 1 aromatic carbocycles. The van der Waals surface area contributed by atoms with Crippen LogP contribution in [0.1, 0.15) is 26.7 Å². The molecule has 1 aliphatic rings. The summed E-state index contributed by atoms with van der Waals surface area (Å²) in [5, 5.41) is 2.77. The first-order valence-corrected chi connectivity index (χ1v) is 12.1. The van der Waals surface area contributed by atoms with Crippen LogP contribution in [-0.4, -0.2) is 64.3 Å². The SMILES string of the molecule is CCS(=O)(=O)CCOc1ccc(S(=O)(=O)N2CCCC(NC(C)=O)C2)cc1. The number of nitrogens with one attached hydrogen (secondary N) is 1. The maximum absolute atomic E-state index is 12.8. The van der Waals surface area contributed by atoms with Crippen LogP contribution in [0.15, 0.2) is 29.2 Å². The largest absolute Gasteiger partial charge is 0.493 e. The van der Waals surface area contributed by atoms with Crippen molar-refractivity contribution in [1.29, 1.82) is 0 Å². The Bertz CT molecular complexity index is 850. The van der Waals surface area contributed by atoms with Gasteiger partial charge in [0.2, 0.25) is 15.9 Å². The summed E-state index contributed by atoms with van der Waals surface area (Å²) in [6, 6.07) is 5.73. The zero-order valence-corrected chi connectivity index (χ0v) is 17.2. The number of amides is 1. The van der Waals surface area contributed by atoms with Gasteiger partial charge in [-0.15, -0.1) is 0 Å². The summed E-state index contributed by atoms with van der Waals surface area (Å²) in [4.78, 5) is 11.4. The molecule has 1 aromatic rings. The highest BCUT2D eigenvalue weighted by atomic mass is 32.2. The van der Waals surface area contributed by atoms with Crippen LogP contribution in [0.3, 0.4) is 0 Å². The predicted octanol–water partition coefficient (Wildman–Crippen LogP) is 0.789. The first-order chi connectivity index (χ1) is 12.6. The van der Waals surface area contributed by atoms with Crippen molar-refractivity contribution in [3.05, 3.63) is 24.3 Å². The molecule has 1 atom stereocenters. The smallest absolute Gasteiger partial charge is 0.243 e. The lowest BCUT2D eigenvalue weighted by molar-refractivity contribution is -0.119. The number of ether oxygens (including phenoxy) is 1. The van der Waals surface area contributed by atoms with Crippen LogP contribution in [0.4, 0.5) is 0 Å². The van der Waals surface area contributed by atoms with Crippen molar-refractivity contribution in [3.8, 4) is 5.75 Å². The number of sulfone groups is 1. The first kappa shape index (κ1) is 21.6. The third kappa shape index (κ3) is 6.18. The van der Waals surface area contributed by atoms with Crippen LogP contribution in [-0.2, 0) is 24.7 Å². The summed E-state index contributed by atoms with van der Waals surface area (Å²) in [6.45, 7) is 3.66. The van der Waals surface area contributed by atoms with Crippen LogP contribution in [0.5, 0.6) is 5.75 Å². The third-order valence-electron chi connectivity index (χ3n) is 4.36. The zero-order chi connectivity index (χ0) is 20.1. The average molecular weight is 419 g/mol. The van der Waals surface area contributed by atoms with E-state index < -0.39 is 19.9 Å². The van der Waals surface area contributed by atoms with Gasteiger partial charge in [-0.2, -0.15) is 4.31 Å². The Hall–Kier alpha value is -1.65. The van der Waals surface area contributed by atoms with Gasteiger partial charge in [0, 0.05) is 31.8 Å². The Kier molecular flexibility index (Phi) is 7.24. The Morgan fingerprint density at radius 3 is 2.48 bits per heavy atom. The molecular formula is C17H26N2O6S2. The minimum absolute atomic E-state index is 0.0206. The van der Waals surface area contributed by atoms with Crippen LogP contribution in [0, 0.1) is 0 Å². The summed E-state index contributed by atoms with van der Waals surface area (Å²) in [5.41, 5.74) is 0. The highest BCUT2D eigenvalue weighted by molar-refractivity contribution is 7.91. The van der Waals surface area contributed by atoms with Crippen molar-refractivity contribution in [2.45, 2.75) is 37.6 Å². The molecule has 1 fully saturated rings. The van der Waals surface area contributed by atoms with E-state index in [0.29, 0.717) is 18.7 Å². The molecule has 10 heteroatoms. The normalized spacial score (nSPS) is 18.8. The molecule has 152 valence electrons. The molecule has 1 unspecified atom stereocenters. The topological polar surface area (TPSA) is 110 Å². The Morgan fingerprint density at radius 1 is 1.22 bits per heavy atom. The number of hydrogen-bond acceptors (Lipinski definition) is 6. The van der Waals surface area contributed by atoms with Gasteiger partial charge in [-0.05, 0) is 37.1 Å². The lowest BCUT2D eigenvalue weighted by Crippen LogP contribution is -2.49. The molecule has 1 saturated heterocycles. The summed E-state index contributed by atoms with van der Waals surface area (Å²) in [6.07, 6.45) is 1.43. The lowest BCUT2D eigenvalue weighted by Gasteiger charge is -2.32. The Labute approximate surface area is 160 Å². The van der Waals surface area contributed by atoms with Gasteiger partial charge >= 0.3 is 0 Å². The zero-order valence-electron chi connectivity index (χ0n) is 15.5. The molecule has 0 bridgehead atoms. The first-order valence-electron chi connectivity index (χ1n) is 8.84.